The molecule has 0 unspecified atom stereocenters. The molecular weight excluding hydrogens is 489 g/mol. The molecule has 0 fully saturated rings. The molecular formula is C26H33F3N4O4. The molecule has 2 aromatic rings. The van der Waals surface area contributed by atoms with Crippen LogP contribution in [0.3, 0.4) is 0 Å². The van der Waals surface area contributed by atoms with Gasteiger partial charge in [-0.2, -0.15) is 13.2 Å². The van der Waals surface area contributed by atoms with Gasteiger partial charge in [0.15, 0.2) is 0 Å². The molecule has 0 aliphatic carbocycles. The number of benzene rings is 1. The largest absolute Gasteiger partial charge is 0.488 e. The van der Waals surface area contributed by atoms with Crippen molar-refractivity contribution in [1.82, 2.24) is 14.8 Å². The maximum absolute atomic E-state index is 13.5. The second kappa shape index (κ2) is 12.4. The highest BCUT2D eigenvalue weighted by Crippen LogP contribution is 2.31. The van der Waals surface area contributed by atoms with Crippen LogP contribution in [-0.4, -0.2) is 76.8 Å². The fourth-order valence-electron chi connectivity index (χ4n) is 4.17. The second-order valence-electron chi connectivity index (χ2n) is 9.55. The minimum atomic E-state index is -4.44. The molecule has 0 saturated heterocycles. The number of carbonyl (C=O) groups is 2. The maximum Gasteiger partial charge on any atom is 0.389 e. The van der Waals surface area contributed by atoms with Crippen LogP contribution >= 0.6 is 0 Å². The van der Waals surface area contributed by atoms with Crippen molar-refractivity contribution >= 4 is 17.5 Å². The van der Waals surface area contributed by atoms with Gasteiger partial charge in [0.25, 0.3) is 5.91 Å². The number of carbonyl (C=O) groups excluding carboxylic acids is 2. The molecule has 0 radical (unpaired) electrons. The SMILES string of the molecule is C[C@@H]1CN([C@H](C)CO)C(=O)c2cc(NC(=O)CCC(F)(F)F)ccc2O[C@H]1CN(C)Cc1ccncc1. The van der Waals surface area contributed by atoms with E-state index < -0.39 is 36.9 Å². The maximum atomic E-state index is 13.5. The molecule has 11 heteroatoms. The Morgan fingerprint density at radius 3 is 2.65 bits per heavy atom. The van der Waals surface area contributed by atoms with Crippen molar-refractivity contribution in [3.05, 3.63) is 53.9 Å². The Morgan fingerprint density at radius 2 is 2.00 bits per heavy atom. The highest BCUT2D eigenvalue weighted by Gasteiger charge is 2.34. The van der Waals surface area contributed by atoms with Gasteiger partial charge in [0.2, 0.25) is 5.91 Å². The number of hydrogen-bond donors (Lipinski definition) is 2. The minimum absolute atomic E-state index is 0.0762. The minimum Gasteiger partial charge on any atom is -0.488 e. The number of anilines is 1. The smallest absolute Gasteiger partial charge is 0.389 e. The molecule has 2 N–H and O–H groups in total. The third-order valence-corrected chi connectivity index (χ3v) is 6.28. The van der Waals surface area contributed by atoms with Crippen molar-refractivity contribution in [3.63, 3.8) is 0 Å². The van der Waals surface area contributed by atoms with Crippen LogP contribution in [0.4, 0.5) is 18.9 Å². The summed E-state index contributed by atoms with van der Waals surface area (Å²) in [6, 6.07) is 7.85. The number of fused-ring (bicyclic) bond motifs is 1. The van der Waals surface area contributed by atoms with Crippen LogP contribution < -0.4 is 10.1 Å². The summed E-state index contributed by atoms with van der Waals surface area (Å²) in [6.45, 7) is 5.02. The van der Waals surface area contributed by atoms with Crippen LogP contribution in [0, 0.1) is 5.92 Å². The van der Waals surface area contributed by atoms with Gasteiger partial charge in [-0.15, -0.1) is 0 Å². The van der Waals surface area contributed by atoms with E-state index in [0.717, 1.165) is 5.56 Å². The predicted molar refractivity (Wildman–Crippen MR) is 132 cm³/mol. The Bertz CT molecular complexity index is 1070. The number of ether oxygens (including phenoxy) is 1. The normalized spacial score (nSPS) is 19.0. The molecule has 1 aliphatic heterocycles. The van der Waals surface area contributed by atoms with Crippen molar-refractivity contribution in [3.8, 4) is 5.75 Å². The van der Waals surface area contributed by atoms with Crippen molar-refractivity contribution < 1.29 is 32.6 Å². The first-order valence-corrected chi connectivity index (χ1v) is 12.1. The summed E-state index contributed by atoms with van der Waals surface area (Å²) in [6.07, 6.45) is -3.24. The number of nitrogens with zero attached hydrogens (tertiary/aromatic N) is 3. The van der Waals surface area contributed by atoms with Gasteiger partial charge >= 0.3 is 6.18 Å². The van der Waals surface area contributed by atoms with E-state index in [1.807, 2.05) is 26.1 Å². The molecule has 0 bridgehead atoms. The van der Waals surface area contributed by atoms with E-state index in [2.05, 4.69) is 15.2 Å². The number of likely N-dealkylation sites (N-methyl/N-ethyl adjacent to an activating group) is 1. The quantitative estimate of drug-likeness (QED) is 0.522. The first-order valence-electron chi connectivity index (χ1n) is 12.1. The number of aromatic nitrogens is 1. The van der Waals surface area contributed by atoms with Gasteiger partial charge in [0.05, 0.1) is 24.6 Å². The molecule has 1 aromatic carbocycles. The lowest BCUT2D eigenvalue weighted by molar-refractivity contribution is -0.142. The van der Waals surface area contributed by atoms with E-state index in [-0.39, 0.29) is 29.9 Å². The summed E-state index contributed by atoms with van der Waals surface area (Å²) < 4.78 is 43.7. The summed E-state index contributed by atoms with van der Waals surface area (Å²) in [5.74, 6) is -0.963. The van der Waals surface area contributed by atoms with E-state index in [1.165, 1.54) is 12.1 Å². The standard InChI is InChI=1S/C26H33F3N4O4/c1-17-13-33(18(2)16-34)25(36)21-12-20(31-24(35)6-9-26(27,28)29)4-5-22(21)37-23(17)15-32(3)14-19-7-10-30-11-8-19/h4-5,7-8,10-12,17-18,23,34H,6,9,13-16H2,1-3H3,(H,31,35)/t17-,18-,23+/m1/s1. The summed E-state index contributed by atoms with van der Waals surface area (Å²) in [5, 5.41) is 12.2. The Hall–Kier alpha value is -3.18. The first kappa shape index (κ1) is 28.4. The fraction of sp³-hybridized carbons (Fsp3) is 0.500. The van der Waals surface area contributed by atoms with Crippen LogP contribution in [0.5, 0.6) is 5.75 Å². The number of rotatable bonds is 9. The van der Waals surface area contributed by atoms with Crippen molar-refractivity contribution in [2.45, 2.75) is 51.6 Å². The molecule has 1 aliphatic rings. The number of aliphatic hydroxyl groups excluding tert-OH is 1. The Balaban J connectivity index is 1.84. The summed E-state index contributed by atoms with van der Waals surface area (Å²) in [4.78, 5) is 33.2. The van der Waals surface area contributed by atoms with Crippen LogP contribution in [0.1, 0.15) is 42.6 Å². The summed E-state index contributed by atoms with van der Waals surface area (Å²) >= 11 is 0. The predicted octanol–water partition coefficient (Wildman–Crippen LogP) is 3.71. The number of alkyl halides is 3. The van der Waals surface area contributed by atoms with Gasteiger partial charge in [-0.1, -0.05) is 6.92 Å². The Kier molecular flexibility index (Phi) is 9.50. The van der Waals surface area contributed by atoms with Gasteiger partial charge in [-0.05, 0) is 49.9 Å². The van der Waals surface area contributed by atoms with Crippen molar-refractivity contribution in [2.75, 3.05) is 32.1 Å². The number of halogens is 3. The molecule has 2 heterocycles. The highest BCUT2D eigenvalue weighted by atomic mass is 19.4. The molecule has 37 heavy (non-hydrogen) atoms. The number of hydrogen-bond acceptors (Lipinski definition) is 6. The highest BCUT2D eigenvalue weighted by molar-refractivity contribution is 5.99. The number of nitrogens with one attached hydrogen (secondary N) is 1. The van der Waals surface area contributed by atoms with Crippen molar-refractivity contribution in [1.29, 1.82) is 0 Å². The topological polar surface area (TPSA) is 95.0 Å². The monoisotopic (exact) mass is 522 g/mol. The average molecular weight is 523 g/mol. The number of aliphatic hydroxyl groups is 1. The zero-order chi connectivity index (χ0) is 27.2. The lowest BCUT2D eigenvalue weighted by atomic mass is 9.99. The molecule has 0 spiro atoms. The molecule has 2 amide bonds. The van der Waals surface area contributed by atoms with E-state index in [0.29, 0.717) is 25.4 Å². The molecule has 0 saturated carbocycles. The van der Waals surface area contributed by atoms with E-state index in [4.69, 9.17) is 4.74 Å². The fourth-order valence-corrected chi connectivity index (χ4v) is 4.17. The van der Waals surface area contributed by atoms with Gasteiger partial charge in [0, 0.05) is 50.1 Å². The van der Waals surface area contributed by atoms with Gasteiger partial charge < -0.3 is 20.1 Å². The number of pyridine rings is 1. The molecule has 8 nitrogen and oxygen atoms in total. The number of amides is 2. The van der Waals surface area contributed by atoms with Crippen LogP contribution in [0.25, 0.3) is 0 Å². The van der Waals surface area contributed by atoms with Gasteiger partial charge in [-0.3, -0.25) is 19.5 Å². The zero-order valence-corrected chi connectivity index (χ0v) is 21.2. The van der Waals surface area contributed by atoms with Crippen LogP contribution in [0.15, 0.2) is 42.7 Å². The van der Waals surface area contributed by atoms with Gasteiger partial charge in [-0.25, -0.2) is 0 Å². The Morgan fingerprint density at radius 1 is 1.30 bits per heavy atom. The lowest BCUT2D eigenvalue weighted by Gasteiger charge is -2.38. The molecule has 1 aromatic heterocycles. The third-order valence-electron chi connectivity index (χ3n) is 6.28. The van der Waals surface area contributed by atoms with Crippen LogP contribution in [0.2, 0.25) is 0 Å². The first-order chi connectivity index (χ1) is 17.5. The van der Waals surface area contributed by atoms with E-state index in [1.54, 1.807) is 30.3 Å². The Labute approximate surface area is 214 Å². The van der Waals surface area contributed by atoms with Gasteiger partial charge in [0.1, 0.15) is 11.9 Å². The third kappa shape index (κ3) is 8.16. The van der Waals surface area contributed by atoms with Crippen molar-refractivity contribution in [2.24, 2.45) is 5.92 Å². The summed E-state index contributed by atoms with van der Waals surface area (Å²) in [5.41, 5.74) is 1.45. The molecule has 3 rings (SSSR count). The zero-order valence-electron chi connectivity index (χ0n) is 21.2. The van der Waals surface area contributed by atoms with E-state index >= 15 is 0 Å². The molecule has 202 valence electrons. The molecule has 3 atom stereocenters. The lowest BCUT2D eigenvalue weighted by Crippen LogP contribution is -2.49. The second-order valence-corrected chi connectivity index (χ2v) is 9.55. The average Bonchev–Trinajstić information content (AvgIpc) is 2.85. The van der Waals surface area contributed by atoms with E-state index in [9.17, 15) is 27.9 Å². The summed E-state index contributed by atoms with van der Waals surface area (Å²) in [7, 11) is 1.97. The van der Waals surface area contributed by atoms with Crippen LogP contribution in [-0.2, 0) is 11.3 Å².